The van der Waals surface area contributed by atoms with Crippen molar-refractivity contribution >= 4 is 28.8 Å². The van der Waals surface area contributed by atoms with Gasteiger partial charge in [-0.3, -0.25) is 9.48 Å². The van der Waals surface area contributed by atoms with Crippen LogP contribution in [0.15, 0.2) is 16.8 Å². The first kappa shape index (κ1) is 15.0. The highest BCUT2D eigenvalue weighted by Crippen LogP contribution is 2.18. The first-order valence-corrected chi connectivity index (χ1v) is 7.47. The zero-order valence-electron chi connectivity index (χ0n) is 11.3. The predicted molar refractivity (Wildman–Crippen MR) is 79.0 cm³/mol. The number of aliphatic hydroxyl groups excluding tert-OH is 1. The van der Waals surface area contributed by atoms with Gasteiger partial charge in [0.25, 0.3) is 0 Å². The van der Waals surface area contributed by atoms with Crippen molar-refractivity contribution in [2.45, 2.75) is 26.5 Å². The van der Waals surface area contributed by atoms with E-state index >= 15 is 0 Å². The molecular formula is C13H16ClN3O2S. The van der Waals surface area contributed by atoms with Crippen LogP contribution in [-0.4, -0.2) is 27.3 Å². The third kappa shape index (κ3) is 3.39. The van der Waals surface area contributed by atoms with E-state index in [-0.39, 0.29) is 19.0 Å². The Morgan fingerprint density at radius 2 is 2.35 bits per heavy atom. The largest absolute Gasteiger partial charge is 0.387 e. The lowest BCUT2D eigenvalue weighted by molar-refractivity contribution is -0.122. The summed E-state index contributed by atoms with van der Waals surface area (Å²) in [6.07, 6.45) is -0.686. The molecule has 2 N–H and O–H groups in total. The lowest BCUT2D eigenvalue weighted by Crippen LogP contribution is -2.31. The first-order chi connectivity index (χ1) is 9.49. The van der Waals surface area contributed by atoms with Gasteiger partial charge in [0.15, 0.2) is 0 Å². The fraction of sp³-hybridized carbons (Fsp3) is 0.385. The number of carbonyl (C=O) groups is 1. The summed E-state index contributed by atoms with van der Waals surface area (Å²) in [5.41, 5.74) is 2.28. The van der Waals surface area contributed by atoms with E-state index < -0.39 is 6.10 Å². The molecule has 1 amide bonds. The normalized spacial score (nSPS) is 12.4. The van der Waals surface area contributed by atoms with Crippen molar-refractivity contribution in [2.75, 3.05) is 6.54 Å². The highest BCUT2D eigenvalue weighted by atomic mass is 35.5. The van der Waals surface area contributed by atoms with Crippen molar-refractivity contribution in [2.24, 2.45) is 0 Å². The van der Waals surface area contributed by atoms with Crippen molar-refractivity contribution in [1.82, 2.24) is 15.1 Å². The van der Waals surface area contributed by atoms with Crippen molar-refractivity contribution in [3.05, 3.63) is 38.8 Å². The fourth-order valence-electron chi connectivity index (χ4n) is 1.81. The lowest BCUT2D eigenvalue weighted by atomic mass is 10.2. The second-order valence-electron chi connectivity index (χ2n) is 4.52. The number of aryl methyl sites for hydroxylation is 1. The summed E-state index contributed by atoms with van der Waals surface area (Å²) in [6, 6.07) is 1.84. The van der Waals surface area contributed by atoms with Gasteiger partial charge in [0, 0.05) is 6.54 Å². The van der Waals surface area contributed by atoms with Gasteiger partial charge in [-0.1, -0.05) is 11.6 Å². The predicted octanol–water partition coefficient (Wildman–Crippen LogP) is 2.06. The summed E-state index contributed by atoms with van der Waals surface area (Å²) in [5, 5.41) is 21.1. The number of aromatic nitrogens is 2. The second-order valence-corrected chi connectivity index (χ2v) is 5.68. The minimum Gasteiger partial charge on any atom is -0.387 e. The molecule has 2 heterocycles. The van der Waals surface area contributed by atoms with Gasteiger partial charge in [-0.05, 0) is 36.2 Å². The molecule has 0 saturated carbocycles. The third-order valence-corrected chi connectivity index (χ3v) is 4.26. The Morgan fingerprint density at radius 3 is 2.90 bits per heavy atom. The average molecular weight is 314 g/mol. The van der Waals surface area contributed by atoms with Gasteiger partial charge in [-0.15, -0.1) is 0 Å². The topological polar surface area (TPSA) is 67.2 Å². The Bertz CT molecular complexity index is 595. The van der Waals surface area contributed by atoms with Crippen LogP contribution >= 0.6 is 22.9 Å². The van der Waals surface area contributed by atoms with Crippen LogP contribution < -0.4 is 5.32 Å². The van der Waals surface area contributed by atoms with Gasteiger partial charge >= 0.3 is 0 Å². The van der Waals surface area contributed by atoms with E-state index in [4.69, 9.17) is 11.6 Å². The number of nitrogens with one attached hydrogen (secondary N) is 1. The number of amides is 1. The quantitative estimate of drug-likeness (QED) is 0.888. The molecule has 108 valence electrons. The molecule has 0 bridgehead atoms. The Kier molecular flexibility index (Phi) is 4.80. The number of carbonyl (C=O) groups excluding carboxylic acids is 1. The summed E-state index contributed by atoms with van der Waals surface area (Å²) >= 11 is 7.53. The molecular weight excluding hydrogens is 298 g/mol. The fourth-order valence-corrected chi connectivity index (χ4v) is 2.66. The van der Waals surface area contributed by atoms with Gasteiger partial charge in [0.05, 0.1) is 22.5 Å². The van der Waals surface area contributed by atoms with E-state index in [0.29, 0.717) is 10.7 Å². The monoisotopic (exact) mass is 313 g/mol. The molecule has 5 nitrogen and oxygen atoms in total. The lowest BCUT2D eigenvalue weighted by Gasteiger charge is -2.11. The molecule has 0 aliphatic heterocycles. The number of halogens is 1. The van der Waals surface area contributed by atoms with E-state index in [2.05, 4.69) is 10.4 Å². The van der Waals surface area contributed by atoms with E-state index in [9.17, 15) is 9.90 Å². The molecule has 0 saturated heterocycles. The summed E-state index contributed by atoms with van der Waals surface area (Å²) < 4.78 is 1.56. The molecule has 1 unspecified atom stereocenters. The van der Waals surface area contributed by atoms with Crippen LogP contribution in [0, 0.1) is 13.8 Å². The van der Waals surface area contributed by atoms with Gasteiger partial charge in [-0.2, -0.15) is 16.4 Å². The van der Waals surface area contributed by atoms with Crippen molar-refractivity contribution in [1.29, 1.82) is 0 Å². The maximum atomic E-state index is 11.8. The Morgan fingerprint density at radius 1 is 1.60 bits per heavy atom. The molecule has 1 atom stereocenters. The van der Waals surface area contributed by atoms with E-state index in [0.717, 1.165) is 11.3 Å². The maximum absolute atomic E-state index is 11.8. The SMILES string of the molecule is Cc1nn(CC(=O)NCC(O)c2ccsc2)c(C)c1Cl. The number of rotatable bonds is 5. The van der Waals surface area contributed by atoms with Gasteiger partial charge < -0.3 is 10.4 Å². The zero-order valence-corrected chi connectivity index (χ0v) is 12.8. The van der Waals surface area contributed by atoms with Crippen LogP contribution in [0.5, 0.6) is 0 Å². The smallest absolute Gasteiger partial charge is 0.241 e. The maximum Gasteiger partial charge on any atom is 0.241 e. The average Bonchev–Trinajstić information content (AvgIpc) is 3.02. The first-order valence-electron chi connectivity index (χ1n) is 6.15. The van der Waals surface area contributed by atoms with Crippen LogP contribution in [0.25, 0.3) is 0 Å². The summed E-state index contributed by atoms with van der Waals surface area (Å²) in [7, 11) is 0. The summed E-state index contributed by atoms with van der Waals surface area (Å²) in [4.78, 5) is 11.8. The van der Waals surface area contributed by atoms with Crippen LogP contribution in [0.1, 0.15) is 23.1 Å². The minimum atomic E-state index is -0.686. The Labute approximate surface area is 126 Å². The molecule has 0 aliphatic rings. The Hall–Kier alpha value is -1.37. The molecule has 0 aromatic carbocycles. The van der Waals surface area contributed by atoms with E-state index in [1.165, 1.54) is 11.3 Å². The van der Waals surface area contributed by atoms with Crippen LogP contribution in [-0.2, 0) is 11.3 Å². The number of hydrogen-bond donors (Lipinski definition) is 2. The molecule has 2 rings (SSSR count). The van der Waals surface area contributed by atoms with Crippen LogP contribution in [0.2, 0.25) is 5.02 Å². The molecule has 0 aliphatic carbocycles. The molecule has 2 aromatic rings. The Balaban J connectivity index is 1.88. The summed E-state index contributed by atoms with van der Waals surface area (Å²) in [6.45, 7) is 3.89. The number of nitrogens with zero attached hydrogens (tertiary/aromatic N) is 2. The number of aliphatic hydroxyl groups is 1. The van der Waals surface area contributed by atoms with Crippen molar-refractivity contribution in [3.8, 4) is 0 Å². The number of thiophene rings is 1. The standard InChI is InChI=1S/C13H16ClN3O2S/c1-8-13(14)9(2)17(16-8)6-12(19)15-5-11(18)10-3-4-20-7-10/h3-4,7,11,18H,5-6H2,1-2H3,(H,15,19). The molecule has 20 heavy (non-hydrogen) atoms. The van der Waals surface area contributed by atoms with Crippen LogP contribution in [0.4, 0.5) is 0 Å². The van der Waals surface area contributed by atoms with E-state index in [1.54, 1.807) is 11.6 Å². The molecule has 0 radical (unpaired) electrons. The minimum absolute atomic E-state index is 0.0930. The highest BCUT2D eigenvalue weighted by Gasteiger charge is 2.13. The third-order valence-electron chi connectivity index (χ3n) is 3.01. The van der Waals surface area contributed by atoms with Crippen molar-refractivity contribution < 1.29 is 9.90 Å². The van der Waals surface area contributed by atoms with Crippen molar-refractivity contribution in [3.63, 3.8) is 0 Å². The van der Waals surface area contributed by atoms with Gasteiger partial charge in [0.1, 0.15) is 6.54 Å². The molecule has 2 aromatic heterocycles. The zero-order chi connectivity index (χ0) is 14.7. The van der Waals surface area contributed by atoms with Crippen LogP contribution in [0.3, 0.4) is 0 Å². The van der Waals surface area contributed by atoms with Gasteiger partial charge in [-0.25, -0.2) is 0 Å². The molecule has 0 spiro atoms. The second kappa shape index (κ2) is 6.39. The number of hydrogen-bond acceptors (Lipinski definition) is 4. The molecule has 7 heteroatoms. The van der Waals surface area contributed by atoms with Gasteiger partial charge in [0.2, 0.25) is 5.91 Å². The van der Waals surface area contributed by atoms with E-state index in [1.807, 2.05) is 23.8 Å². The molecule has 0 fully saturated rings. The highest BCUT2D eigenvalue weighted by molar-refractivity contribution is 7.07. The summed E-state index contributed by atoms with van der Waals surface area (Å²) in [5.74, 6) is -0.207.